The van der Waals surface area contributed by atoms with Crippen molar-refractivity contribution in [2.24, 2.45) is 0 Å². The molecule has 0 aliphatic rings. The smallest absolute Gasteiger partial charge is 0 e. The molecule has 0 fully saturated rings. The van der Waals surface area contributed by atoms with Crippen LogP contribution in [-0.4, -0.2) is 7.11 Å². The molecule has 0 spiro atoms. The molecule has 0 aliphatic heterocycles. The Kier molecular flexibility index (Phi) is 131. The second-order valence-electron chi connectivity index (χ2n) is 0.289. The molecule has 0 aromatic carbocycles. The first-order valence-corrected chi connectivity index (χ1v) is 0.697. The summed E-state index contributed by atoms with van der Waals surface area (Å²) in [6.07, 6.45) is 0. The Morgan fingerprint density at radius 2 is 1.50 bits per heavy atom. The van der Waals surface area contributed by atoms with Crippen molar-refractivity contribution < 1.29 is 54.4 Å². The van der Waals surface area contributed by atoms with E-state index >= 15 is 0 Å². The van der Waals surface area contributed by atoms with Gasteiger partial charge in [-0.15, -0.1) is 0 Å². The van der Waals surface area contributed by atoms with Gasteiger partial charge < -0.3 is 12.2 Å². The van der Waals surface area contributed by atoms with Crippen LogP contribution >= 0.6 is 0 Å². The van der Waals surface area contributed by atoms with Crippen LogP contribution < -0.4 is 0 Å². The minimum atomic E-state index is 0. The first kappa shape index (κ1) is 25.6. The van der Waals surface area contributed by atoms with Gasteiger partial charge in [0.25, 0.3) is 0 Å². The molecule has 0 aromatic rings. The van der Waals surface area contributed by atoms with E-state index in [1.54, 1.807) is 0 Å². The van der Waals surface area contributed by atoms with Crippen LogP contribution in [0.3, 0.4) is 0 Å². The van der Waals surface area contributed by atoms with Gasteiger partial charge in [-0.05, 0) is 7.11 Å². The molecule has 3 heteroatoms. The first-order chi connectivity index (χ1) is 1.41. The fourth-order valence-electron chi connectivity index (χ4n) is 0. The van der Waals surface area contributed by atoms with E-state index in [0.29, 0.717) is 0 Å². The molecule has 0 saturated heterocycles. The third kappa shape index (κ3) is 46.4. The number of ether oxygens (including phenoxy) is 1. The summed E-state index contributed by atoms with van der Waals surface area (Å²) < 4.78 is 4.00. The van der Waals surface area contributed by atoms with Crippen LogP contribution in [0.2, 0.25) is 0 Å². The maximum Gasteiger partial charge on any atom is 0 e. The Morgan fingerprint density at radius 3 is 1.50 bits per heavy atom. The molecule has 6 heavy (non-hydrogen) atoms. The van der Waals surface area contributed by atoms with Crippen molar-refractivity contribution in [3.63, 3.8) is 0 Å². The van der Waals surface area contributed by atoms with Crippen molar-refractivity contribution in [3.05, 3.63) is 14.5 Å². The van der Waals surface area contributed by atoms with E-state index < -0.39 is 0 Å². The average Bonchev–Trinajstić information content (AvgIpc) is 0.918. The second kappa shape index (κ2) is 30.6. The summed E-state index contributed by atoms with van der Waals surface area (Å²) in [7, 11) is 4.50. The maximum absolute atomic E-state index is 4.00. The van der Waals surface area contributed by atoms with Gasteiger partial charge in [0.15, 0.2) is 0 Å². The standard InChI is InChI=1S/C2H5O.CH3.U.V/c1-3-2;;;/h1H2,2H3;1H3;;/q2*-1;;. The molecule has 1 radical (unpaired) electrons. The number of methoxy groups -OCH3 is 1. The molecule has 0 bridgehead atoms. The second-order valence-corrected chi connectivity index (χ2v) is 0.289. The summed E-state index contributed by atoms with van der Waals surface area (Å²) in [5.74, 6) is 0. The molecule has 0 atom stereocenters. The third-order valence-corrected chi connectivity index (χ3v) is 0. The molecule has 0 unspecified atom stereocenters. The summed E-state index contributed by atoms with van der Waals surface area (Å²) in [5, 5.41) is 0. The van der Waals surface area contributed by atoms with Crippen LogP contribution in [0.15, 0.2) is 0 Å². The van der Waals surface area contributed by atoms with Crippen LogP contribution in [0.1, 0.15) is 0 Å². The van der Waals surface area contributed by atoms with Gasteiger partial charge in [-0.25, -0.2) is 7.11 Å². The van der Waals surface area contributed by atoms with Crippen molar-refractivity contribution in [3.8, 4) is 0 Å². The zero-order valence-corrected chi connectivity index (χ0v) is 9.62. The van der Waals surface area contributed by atoms with Gasteiger partial charge in [0.1, 0.15) is 0 Å². The van der Waals surface area contributed by atoms with Gasteiger partial charge in [0, 0.05) is 49.7 Å². The molecule has 0 N–H and O–H groups in total. The molecular weight excluding hydrogens is 341 g/mol. The Balaban J connectivity index is -0.00000000667. The summed E-state index contributed by atoms with van der Waals surface area (Å²) in [4.78, 5) is 0. The summed E-state index contributed by atoms with van der Waals surface area (Å²) in [5.41, 5.74) is 0. The van der Waals surface area contributed by atoms with Crippen molar-refractivity contribution in [2.45, 2.75) is 0 Å². The Bertz CT molecular complexity index is 10.8. The predicted molar refractivity (Wildman–Crippen MR) is 18.8 cm³/mol. The van der Waals surface area contributed by atoms with Gasteiger partial charge in [0.2, 0.25) is 0 Å². The summed E-state index contributed by atoms with van der Waals surface area (Å²) >= 11 is 0. The molecule has 0 amide bonds. The minimum Gasteiger partial charge on any atom is -0.557 e. The maximum atomic E-state index is 4.00. The normalized spacial score (nSPS) is 3.00. The SMILES string of the molecule is [CH2-]OC.[CH3-].[U].[V]. The molecule has 0 heterocycles. The van der Waals surface area contributed by atoms with Crippen LogP contribution in [0, 0.1) is 45.6 Å². The Hall–Kier alpha value is 1.60. The molecular formula is C3H8OUV-2. The minimum absolute atomic E-state index is 0. The largest absolute Gasteiger partial charge is 0.557 e. The fourth-order valence-corrected chi connectivity index (χ4v) is 0. The van der Waals surface area contributed by atoms with Crippen molar-refractivity contribution in [1.82, 2.24) is 0 Å². The molecule has 0 rings (SSSR count). The van der Waals surface area contributed by atoms with Gasteiger partial charge in [0.05, 0.1) is 0 Å². The molecule has 0 aliphatic carbocycles. The van der Waals surface area contributed by atoms with Crippen molar-refractivity contribution in [1.29, 1.82) is 0 Å². The zero-order valence-electron chi connectivity index (χ0n) is 4.06. The Labute approximate surface area is 75.5 Å². The predicted octanol–water partition coefficient (Wildman–Crippen LogP) is 0.872. The van der Waals surface area contributed by atoms with Crippen LogP contribution in [-0.2, 0) is 23.3 Å². The van der Waals surface area contributed by atoms with Crippen LogP contribution in [0.4, 0.5) is 0 Å². The van der Waals surface area contributed by atoms with Crippen LogP contribution in [0.5, 0.6) is 0 Å². The van der Waals surface area contributed by atoms with Gasteiger partial charge >= 0.3 is 0 Å². The van der Waals surface area contributed by atoms with E-state index in [0.717, 1.165) is 0 Å². The Morgan fingerprint density at radius 1 is 1.50 bits per heavy atom. The molecule has 0 saturated carbocycles. The first-order valence-electron chi connectivity index (χ1n) is 0.697. The van der Waals surface area contributed by atoms with Gasteiger partial charge in [-0.1, -0.05) is 0 Å². The number of hydrogen-bond acceptors (Lipinski definition) is 1. The molecule has 1 nitrogen and oxygen atoms in total. The van der Waals surface area contributed by atoms with Crippen molar-refractivity contribution in [2.75, 3.05) is 7.11 Å². The quantitative estimate of drug-likeness (QED) is 0.590. The monoisotopic (exact) mass is 349 g/mol. The van der Waals surface area contributed by atoms with Gasteiger partial charge in [-0.3, -0.25) is 0 Å². The topological polar surface area (TPSA) is 9.23 Å². The molecule has 37 valence electrons. The number of hydrogen-bond donors (Lipinski definition) is 0. The van der Waals surface area contributed by atoms with Crippen LogP contribution in [0.25, 0.3) is 0 Å². The number of rotatable bonds is 0. The van der Waals surface area contributed by atoms with E-state index in [1.807, 2.05) is 0 Å². The average molecular weight is 349 g/mol. The zero-order chi connectivity index (χ0) is 2.71. The van der Waals surface area contributed by atoms with E-state index in [2.05, 4.69) is 11.8 Å². The van der Waals surface area contributed by atoms with E-state index in [-0.39, 0.29) is 57.1 Å². The van der Waals surface area contributed by atoms with E-state index in [1.165, 1.54) is 7.11 Å². The van der Waals surface area contributed by atoms with E-state index in [4.69, 9.17) is 0 Å². The fraction of sp³-hybridized carbons (Fsp3) is 0.333. The van der Waals surface area contributed by atoms with Crippen molar-refractivity contribution >= 4 is 0 Å². The molecule has 0 aromatic heterocycles. The summed E-state index contributed by atoms with van der Waals surface area (Å²) in [6, 6.07) is 0. The summed E-state index contributed by atoms with van der Waals surface area (Å²) in [6.45, 7) is 0. The van der Waals surface area contributed by atoms with E-state index in [9.17, 15) is 0 Å². The third-order valence-electron chi connectivity index (χ3n) is 0. The van der Waals surface area contributed by atoms with Gasteiger partial charge in [-0.2, -0.15) is 0 Å².